The van der Waals surface area contributed by atoms with E-state index in [2.05, 4.69) is 10.3 Å². The molecular formula is C25H22F2N4O3. The number of nitrogens with one attached hydrogen (secondary N) is 1. The minimum Gasteiger partial charge on any atom is -0.477 e. The SMILES string of the molecule is CCn1cc(C(=O)O)c(=O)c2cc3cc(F)c(N4CCNC(c5cccc(F)c5)C4)cc3nc21. The molecule has 0 aliphatic carbocycles. The molecule has 34 heavy (non-hydrogen) atoms. The Kier molecular flexibility index (Phi) is 5.49. The van der Waals surface area contributed by atoms with Crippen LogP contribution in [0, 0.1) is 11.6 Å². The van der Waals surface area contributed by atoms with Gasteiger partial charge in [0.1, 0.15) is 22.8 Å². The van der Waals surface area contributed by atoms with Crippen molar-refractivity contribution in [1.82, 2.24) is 14.9 Å². The number of aromatic nitrogens is 2. The van der Waals surface area contributed by atoms with Gasteiger partial charge in [0.25, 0.3) is 0 Å². The second kappa shape index (κ2) is 8.49. The summed E-state index contributed by atoms with van der Waals surface area (Å²) in [4.78, 5) is 30.7. The first-order valence-electron chi connectivity index (χ1n) is 11.0. The summed E-state index contributed by atoms with van der Waals surface area (Å²) >= 11 is 0. The van der Waals surface area contributed by atoms with Crippen LogP contribution >= 0.6 is 0 Å². The van der Waals surface area contributed by atoms with Crippen LogP contribution in [0.25, 0.3) is 21.9 Å². The standard InChI is InChI=1S/C25H22F2N4O3/c1-2-30-12-18(25(33)34)23(32)17-9-15-10-19(27)22(11-20(15)29-24(17)30)31-7-6-28-21(13-31)14-4-3-5-16(26)8-14/h3-5,8-12,21,28H,2,6-7,13H2,1H3,(H,33,34). The molecule has 174 valence electrons. The molecule has 0 amide bonds. The topological polar surface area (TPSA) is 87.5 Å². The predicted octanol–water partition coefficient (Wildman–Crippen LogP) is 3.70. The molecule has 0 bridgehead atoms. The van der Waals surface area contributed by atoms with Gasteiger partial charge < -0.3 is 19.9 Å². The van der Waals surface area contributed by atoms with Gasteiger partial charge in [-0.15, -0.1) is 0 Å². The molecule has 7 nitrogen and oxygen atoms in total. The number of carboxylic acid groups (broad SMARTS) is 1. The average Bonchev–Trinajstić information content (AvgIpc) is 2.83. The van der Waals surface area contributed by atoms with Gasteiger partial charge in [-0.2, -0.15) is 0 Å². The van der Waals surface area contributed by atoms with E-state index in [1.165, 1.54) is 30.5 Å². The summed E-state index contributed by atoms with van der Waals surface area (Å²) in [5, 5.41) is 13.3. The van der Waals surface area contributed by atoms with E-state index in [9.17, 15) is 19.1 Å². The quantitative estimate of drug-likeness (QED) is 0.448. The summed E-state index contributed by atoms with van der Waals surface area (Å²) in [6, 6.07) is 10.7. The zero-order valence-electron chi connectivity index (χ0n) is 18.4. The first-order valence-corrected chi connectivity index (χ1v) is 11.0. The number of pyridine rings is 2. The van der Waals surface area contributed by atoms with Gasteiger partial charge in [-0.1, -0.05) is 12.1 Å². The van der Waals surface area contributed by atoms with E-state index in [1.807, 2.05) is 17.9 Å². The Labute approximate surface area is 193 Å². The molecule has 1 aliphatic rings. The van der Waals surface area contributed by atoms with E-state index in [0.717, 1.165) is 5.56 Å². The third-order valence-electron chi connectivity index (χ3n) is 6.25. The molecule has 2 aromatic carbocycles. The molecule has 0 radical (unpaired) electrons. The lowest BCUT2D eigenvalue weighted by atomic mass is 10.0. The Balaban J connectivity index is 1.59. The van der Waals surface area contributed by atoms with Crippen molar-refractivity contribution in [3.8, 4) is 0 Å². The van der Waals surface area contributed by atoms with Crippen LogP contribution in [0.4, 0.5) is 14.5 Å². The summed E-state index contributed by atoms with van der Waals surface area (Å²) < 4.78 is 30.5. The van der Waals surface area contributed by atoms with Crippen molar-refractivity contribution in [3.05, 3.63) is 81.6 Å². The number of benzene rings is 2. The predicted molar refractivity (Wildman–Crippen MR) is 125 cm³/mol. The molecule has 0 spiro atoms. The normalized spacial score (nSPS) is 16.3. The van der Waals surface area contributed by atoms with Crippen LogP contribution in [-0.2, 0) is 6.54 Å². The number of carbonyl (C=O) groups is 1. The number of nitrogens with zero attached hydrogens (tertiary/aromatic N) is 3. The number of carboxylic acids is 1. The fourth-order valence-corrected chi connectivity index (χ4v) is 4.53. The first-order chi connectivity index (χ1) is 16.4. The molecule has 4 aromatic rings. The highest BCUT2D eigenvalue weighted by Gasteiger charge is 2.24. The molecule has 1 unspecified atom stereocenters. The third-order valence-corrected chi connectivity index (χ3v) is 6.25. The Morgan fingerprint density at radius 1 is 1.24 bits per heavy atom. The molecular weight excluding hydrogens is 442 g/mol. The van der Waals surface area contributed by atoms with E-state index >= 15 is 4.39 Å². The average molecular weight is 464 g/mol. The largest absolute Gasteiger partial charge is 0.477 e. The zero-order chi connectivity index (χ0) is 24.0. The Hall–Kier alpha value is -3.85. The van der Waals surface area contributed by atoms with Crippen molar-refractivity contribution in [2.45, 2.75) is 19.5 Å². The molecule has 2 aromatic heterocycles. The van der Waals surface area contributed by atoms with Crippen molar-refractivity contribution in [1.29, 1.82) is 0 Å². The van der Waals surface area contributed by atoms with E-state index in [4.69, 9.17) is 0 Å². The summed E-state index contributed by atoms with van der Waals surface area (Å²) in [5.41, 5.74) is 1.00. The van der Waals surface area contributed by atoms with Gasteiger partial charge in [0.15, 0.2) is 0 Å². The highest BCUT2D eigenvalue weighted by molar-refractivity contribution is 5.96. The maximum atomic E-state index is 15.2. The fourth-order valence-electron chi connectivity index (χ4n) is 4.53. The number of anilines is 1. The fraction of sp³-hybridized carbons (Fsp3) is 0.240. The van der Waals surface area contributed by atoms with Gasteiger partial charge in [0.2, 0.25) is 5.43 Å². The molecule has 1 aliphatic heterocycles. The van der Waals surface area contributed by atoms with Crippen molar-refractivity contribution in [2.24, 2.45) is 0 Å². The molecule has 2 N–H and O–H groups in total. The van der Waals surface area contributed by atoms with Gasteiger partial charge in [0.05, 0.1) is 16.6 Å². The lowest BCUT2D eigenvalue weighted by molar-refractivity contribution is 0.0695. The lowest BCUT2D eigenvalue weighted by Gasteiger charge is -2.35. The summed E-state index contributed by atoms with van der Waals surface area (Å²) in [6.45, 7) is 3.84. The van der Waals surface area contributed by atoms with Crippen LogP contribution in [0.1, 0.15) is 28.9 Å². The highest BCUT2D eigenvalue weighted by atomic mass is 19.1. The van der Waals surface area contributed by atoms with Gasteiger partial charge in [-0.3, -0.25) is 4.79 Å². The minimum atomic E-state index is -1.32. The van der Waals surface area contributed by atoms with Crippen LogP contribution in [0.2, 0.25) is 0 Å². The number of hydrogen-bond acceptors (Lipinski definition) is 5. The molecule has 3 heterocycles. The number of fused-ring (bicyclic) bond motifs is 2. The highest BCUT2D eigenvalue weighted by Crippen LogP contribution is 2.30. The smallest absolute Gasteiger partial charge is 0.341 e. The van der Waals surface area contributed by atoms with E-state index in [-0.39, 0.29) is 22.8 Å². The van der Waals surface area contributed by atoms with Gasteiger partial charge in [-0.05, 0) is 42.8 Å². The van der Waals surface area contributed by atoms with Crippen LogP contribution in [0.15, 0.2) is 53.5 Å². The van der Waals surface area contributed by atoms with Crippen LogP contribution in [0.3, 0.4) is 0 Å². The maximum Gasteiger partial charge on any atom is 0.341 e. The molecule has 1 atom stereocenters. The maximum absolute atomic E-state index is 15.2. The van der Waals surface area contributed by atoms with Crippen LogP contribution < -0.4 is 15.6 Å². The van der Waals surface area contributed by atoms with E-state index in [0.29, 0.717) is 48.4 Å². The molecule has 9 heteroatoms. The molecule has 5 rings (SSSR count). The Morgan fingerprint density at radius 2 is 2.06 bits per heavy atom. The minimum absolute atomic E-state index is 0.134. The number of piperazine rings is 1. The van der Waals surface area contributed by atoms with Gasteiger partial charge in [0, 0.05) is 43.8 Å². The van der Waals surface area contributed by atoms with E-state index in [1.54, 1.807) is 16.7 Å². The number of aromatic carboxylic acids is 1. The Bertz CT molecular complexity index is 1500. The lowest BCUT2D eigenvalue weighted by Crippen LogP contribution is -2.46. The van der Waals surface area contributed by atoms with Crippen molar-refractivity contribution >= 4 is 33.6 Å². The summed E-state index contributed by atoms with van der Waals surface area (Å²) in [5.74, 6) is -2.11. The number of rotatable bonds is 4. The third kappa shape index (κ3) is 3.77. The summed E-state index contributed by atoms with van der Waals surface area (Å²) in [6.07, 6.45) is 1.29. The number of hydrogen-bond donors (Lipinski definition) is 2. The number of aryl methyl sites for hydroxylation is 1. The van der Waals surface area contributed by atoms with Crippen LogP contribution in [0.5, 0.6) is 0 Å². The van der Waals surface area contributed by atoms with Gasteiger partial charge >= 0.3 is 5.97 Å². The van der Waals surface area contributed by atoms with Crippen molar-refractivity contribution < 1.29 is 18.7 Å². The van der Waals surface area contributed by atoms with Crippen molar-refractivity contribution in [3.63, 3.8) is 0 Å². The number of halogens is 2. The summed E-state index contributed by atoms with van der Waals surface area (Å²) in [7, 11) is 0. The molecule has 1 saturated heterocycles. The monoisotopic (exact) mass is 464 g/mol. The molecule has 0 saturated carbocycles. The Morgan fingerprint density at radius 3 is 2.79 bits per heavy atom. The van der Waals surface area contributed by atoms with Crippen LogP contribution in [-0.4, -0.2) is 40.3 Å². The molecule has 1 fully saturated rings. The van der Waals surface area contributed by atoms with Crippen molar-refractivity contribution in [2.75, 3.05) is 24.5 Å². The second-order valence-electron chi connectivity index (χ2n) is 8.33. The van der Waals surface area contributed by atoms with Gasteiger partial charge in [-0.25, -0.2) is 18.6 Å². The van der Waals surface area contributed by atoms with E-state index < -0.39 is 17.2 Å². The zero-order valence-corrected chi connectivity index (χ0v) is 18.4. The second-order valence-corrected chi connectivity index (χ2v) is 8.33. The first kappa shape index (κ1) is 22.0.